The number of nitrogens with zero attached hydrogens (tertiary/aromatic N) is 2. The molecule has 11 heteroatoms. The van der Waals surface area contributed by atoms with Crippen LogP contribution in [-0.4, -0.2) is 10.6 Å². The third-order valence-corrected chi connectivity index (χ3v) is 7.07. The molecule has 2 rings (SSSR count). The Labute approximate surface area is 167 Å². The number of benzene rings is 1. The van der Waals surface area contributed by atoms with E-state index in [0.717, 1.165) is 12.1 Å². The number of hydrogen-bond donors (Lipinski definition) is 0. The molecule has 0 spiro atoms. The number of rotatable bonds is 3. The van der Waals surface area contributed by atoms with Gasteiger partial charge in [0, 0.05) is 11.4 Å². The Hall–Kier alpha value is -0.780. The molecule has 0 saturated carbocycles. The number of nitriles is 1. The molecule has 2 nitrogen and oxygen atoms in total. The van der Waals surface area contributed by atoms with Gasteiger partial charge in [-0.1, -0.05) is 23.2 Å². The van der Waals surface area contributed by atoms with Crippen molar-refractivity contribution in [2.45, 2.75) is 24.9 Å². The highest BCUT2D eigenvalue weighted by atomic mass is 36.0. The first kappa shape index (κ1) is 21.5. The van der Waals surface area contributed by atoms with Crippen molar-refractivity contribution >= 4 is 53.0 Å². The highest BCUT2D eigenvalue weighted by Crippen LogP contribution is 2.67. The van der Waals surface area contributed by atoms with Crippen LogP contribution in [0, 0.1) is 25.2 Å². The van der Waals surface area contributed by atoms with Crippen molar-refractivity contribution in [2.75, 3.05) is 6.01 Å². The predicted octanol–water partition coefficient (Wildman–Crippen LogP) is 7.69. The van der Waals surface area contributed by atoms with Gasteiger partial charge in [-0.2, -0.15) is 18.4 Å². The molecule has 0 N–H and O–H groups in total. The highest BCUT2D eigenvalue weighted by Gasteiger charge is 2.35. The largest absolute Gasteiger partial charge is 0.416 e. The van der Waals surface area contributed by atoms with E-state index in [4.69, 9.17) is 44.6 Å². The lowest BCUT2D eigenvalue weighted by molar-refractivity contribution is -0.137. The van der Waals surface area contributed by atoms with E-state index in [1.807, 2.05) is 6.07 Å². The molecule has 1 heterocycles. The van der Waals surface area contributed by atoms with Crippen LogP contribution in [0.15, 0.2) is 17.0 Å². The zero-order valence-electron chi connectivity index (χ0n) is 13.2. The third kappa shape index (κ3) is 3.63. The van der Waals surface area contributed by atoms with Crippen molar-refractivity contribution in [3.8, 4) is 11.8 Å². The number of aromatic nitrogens is 1. The van der Waals surface area contributed by atoms with E-state index in [1.54, 1.807) is 0 Å². The zero-order chi connectivity index (χ0) is 20.0. The Morgan fingerprint density at radius 2 is 1.62 bits per heavy atom. The minimum absolute atomic E-state index is 0.0291. The van der Waals surface area contributed by atoms with Crippen molar-refractivity contribution in [1.82, 2.24) is 4.57 Å². The summed E-state index contributed by atoms with van der Waals surface area (Å²) in [4.78, 5) is 0.0929. The van der Waals surface area contributed by atoms with Crippen LogP contribution >= 0.6 is 53.0 Å². The number of hydrogen-bond acceptors (Lipinski definition) is 1. The van der Waals surface area contributed by atoms with E-state index in [0.29, 0.717) is 0 Å². The van der Waals surface area contributed by atoms with Crippen molar-refractivity contribution in [3.05, 3.63) is 44.7 Å². The van der Waals surface area contributed by atoms with Crippen LogP contribution in [0.2, 0.25) is 10.0 Å². The second-order valence-electron chi connectivity index (χ2n) is 5.29. The van der Waals surface area contributed by atoms with Gasteiger partial charge < -0.3 is 4.57 Å². The monoisotopic (exact) mass is 466 g/mol. The van der Waals surface area contributed by atoms with E-state index in [9.17, 15) is 22.8 Å². The van der Waals surface area contributed by atoms with Crippen LogP contribution in [0.5, 0.6) is 0 Å². The average Bonchev–Trinajstić information content (AvgIpc) is 2.77. The molecule has 26 heavy (non-hydrogen) atoms. The van der Waals surface area contributed by atoms with Gasteiger partial charge in [-0.25, -0.2) is 4.39 Å². The lowest BCUT2D eigenvalue weighted by atomic mass is 10.2. The van der Waals surface area contributed by atoms with Gasteiger partial charge in [-0.3, -0.25) is 0 Å². The predicted molar refractivity (Wildman–Crippen MR) is 98.5 cm³/mol. The maximum absolute atomic E-state index is 13.3. The van der Waals surface area contributed by atoms with Crippen LogP contribution < -0.4 is 0 Å². The van der Waals surface area contributed by atoms with Crippen molar-refractivity contribution in [3.63, 3.8) is 0 Å². The van der Waals surface area contributed by atoms with Gasteiger partial charge >= 0.3 is 6.18 Å². The fourth-order valence-electron chi connectivity index (χ4n) is 2.64. The summed E-state index contributed by atoms with van der Waals surface area (Å²) in [6.45, 7) is 3.02. The summed E-state index contributed by atoms with van der Waals surface area (Å²) in [5.74, 6) is 0. The SMILES string of the molecule is Cc1c(C#N)c(S(Cl)(Cl)CF)c(C)n1-c1c(Cl)cc(C(F)(F)F)cc1Cl. The van der Waals surface area contributed by atoms with E-state index in [1.165, 1.54) is 18.4 Å². The van der Waals surface area contributed by atoms with E-state index in [2.05, 4.69) is 0 Å². The Bertz CT molecular complexity index is 893. The molecule has 2 aromatic rings. The minimum atomic E-state index is -4.63. The summed E-state index contributed by atoms with van der Waals surface area (Å²) in [5.41, 5.74) is -0.387. The Morgan fingerprint density at radius 1 is 1.12 bits per heavy atom. The fourth-order valence-corrected chi connectivity index (χ4v) is 5.55. The molecule has 0 unspecified atom stereocenters. The molecule has 0 aliphatic rings. The maximum atomic E-state index is 13.3. The molecular weight excluding hydrogens is 458 g/mol. The van der Waals surface area contributed by atoms with Crippen LogP contribution in [0.3, 0.4) is 0 Å². The first-order valence-corrected chi connectivity index (χ1v) is 11.0. The summed E-state index contributed by atoms with van der Waals surface area (Å²) >= 11 is 12.1. The lowest BCUT2D eigenvalue weighted by Crippen LogP contribution is -2.08. The molecule has 0 saturated heterocycles. The summed E-state index contributed by atoms with van der Waals surface area (Å²) in [7, 11) is 9.16. The molecule has 0 aliphatic heterocycles. The number of alkyl halides is 4. The molecule has 0 aliphatic carbocycles. The molecule has 0 bridgehead atoms. The molecular formula is C15H10Cl4F4N2S. The third-order valence-electron chi connectivity index (χ3n) is 3.70. The van der Waals surface area contributed by atoms with Gasteiger partial charge in [0.25, 0.3) is 0 Å². The summed E-state index contributed by atoms with van der Waals surface area (Å²) in [6, 6.07) is 2.27. The summed E-state index contributed by atoms with van der Waals surface area (Å²) in [5, 5.41) is 8.86. The fraction of sp³-hybridized carbons (Fsp3) is 0.267. The molecule has 0 fully saturated rings. The van der Waals surface area contributed by atoms with Gasteiger partial charge in [0.1, 0.15) is 12.1 Å². The van der Waals surface area contributed by atoms with Crippen LogP contribution in [0.1, 0.15) is 22.5 Å². The quantitative estimate of drug-likeness (QED) is 0.425. The molecule has 1 aromatic carbocycles. The van der Waals surface area contributed by atoms with Crippen LogP contribution in [0.25, 0.3) is 5.69 Å². The lowest BCUT2D eigenvalue weighted by Gasteiger charge is -2.22. The van der Waals surface area contributed by atoms with E-state index < -0.39 is 26.2 Å². The van der Waals surface area contributed by atoms with Crippen LogP contribution in [0.4, 0.5) is 17.6 Å². The average molecular weight is 468 g/mol. The Balaban J connectivity index is 2.86. The molecule has 0 atom stereocenters. The Morgan fingerprint density at radius 3 is 2.00 bits per heavy atom. The second kappa shape index (κ2) is 7.33. The van der Waals surface area contributed by atoms with Gasteiger partial charge in [-0.05, 0) is 55.8 Å². The summed E-state index contributed by atoms with van der Waals surface area (Å²) < 4.78 is 53.5. The first-order chi connectivity index (χ1) is 11.9. The first-order valence-electron chi connectivity index (χ1n) is 6.81. The van der Waals surface area contributed by atoms with Gasteiger partial charge in [0.15, 0.2) is 0 Å². The smallest absolute Gasteiger partial charge is 0.313 e. The maximum Gasteiger partial charge on any atom is 0.416 e. The van der Waals surface area contributed by atoms with Gasteiger partial charge in [0.05, 0.1) is 31.8 Å². The van der Waals surface area contributed by atoms with E-state index in [-0.39, 0.29) is 37.6 Å². The highest BCUT2D eigenvalue weighted by molar-refractivity contribution is 8.65. The zero-order valence-corrected chi connectivity index (χ0v) is 17.0. The van der Waals surface area contributed by atoms with Crippen molar-refractivity contribution in [2.24, 2.45) is 0 Å². The molecule has 142 valence electrons. The summed E-state index contributed by atoms with van der Waals surface area (Å²) in [6.07, 6.45) is -4.63. The Kier molecular flexibility index (Phi) is 6.06. The minimum Gasteiger partial charge on any atom is -0.313 e. The molecule has 0 radical (unpaired) electrons. The standard InChI is InChI=1S/C15H10Cl4F4N2S/c1-7-10(5-24)14(26(18,19)6-20)8(2)25(7)13-11(16)3-9(4-12(13)17)15(21,22)23/h3-4H,6H2,1-2H3. The molecule has 1 aromatic heterocycles. The normalized spacial score (nSPS) is 13.0. The van der Waals surface area contributed by atoms with Gasteiger partial charge in [-0.15, -0.1) is 0 Å². The van der Waals surface area contributed by atoms with Crippen LogP contribution in [-0.2, 0) is 6.18 Å². The van der Waals surface area contributed by atoms with Crippen molar-refractivity contribution < 1.29 is 17.6 Å². The topological polar surface area (TPSA) is 28.7 Å². The van der Waals surface area contributed by atoms with Crippen molar-refractivity contribution in [1.29, 1.82) is 5.26 Å². The second-order valence-corrected chi connectivity index (χ2v) is 11.5. The number of halogens is 8. The van der Waals surface area contributed by atoms with Gasteiger partial charge in [0.2, 0.25) is 0 Å². The molecule has 0 amide bonds. The van der Waals surface area contributed by atoms with E-state index >= 15 is 0 Å².